The molecule has 20 heavy (non-hydrogen) atoms. The third kappa shape index (κ3) is 4.49. The van der Waals surface area contributed by atoms with Crippen molar-refractivity contribution in [2.75, 3.05) is 31.1 Å². The van der Waals surface area contributed by atoms with Gasteiger partial charge in [0.1, 0.15) is 5.82 Å². The van der Waals surface area contributed by atoms with Gasteiger partial charge in [0.15, 0.2) is 0 Å². The second kappa shape index (κ2) is 7.85. The fourth-order valence-corrected chi connectivity index (χ4v) is 2.47. The van der Waals surface area contributed by atoms with Crippen molar-refractivity contribution >= 4 is 11.7 Å². The number of hydrogen-bond acceptors (Lipinski definition) is 4. The highest BCUT2D eigenvalue weighted by Crippen LogP contribution is 2.17. The van der Waals surface area contributed by atoms with Gasteiger partial charge in [-0.15, -0.1) is 0 Å². The Labute approximate surface area is 120 Å². The standard InChI is InChI=1S/C15H24N4O/c1-2-16-10-6-15(20)18-13-7-11-19(12-8-13)14-5-3-4-9-17-14/h3-5,9,13,16H,2,6-8,10-12H2,1H3,(H,18,20). The van der Waals surface area contributed by atoms with Crippen LogP contribution in [0.2, 0.25) is 0 Å². The minimum Gasteiger partial charge on any atom is -0.356 e. The summed E-state index contributed by atoms with van der Waals surface area (Å²) < 4.78 is 0. The van der Waals surface area contributed by atoms with E-state index < -0.39 is 0 Å². The molecule has 1 aliphatic heterocycles. The lowest BCUT2D eigenvalue weighted by Gasteiger charge is -2.33. The molecule has 1 fully saturated rings. The molecule has 5 heteroatoms. The number of rotatable bonds is 6. The Morgan fingerprint density at radius 1 is 1.40 bits per heavy atom. The predicted octanol–water partition coefficient (Wildman–Crippen LogP) is 1.17. The first-order chi connectivity index (χ1) is 9.79. The molecule has 0 unspecified atom stereocenters. The van der Waals surface area contributed by atoms with Crippen molar-refractivity contribution in [2.45, 2.75) is 32.2 Å². The number of nitrogens with one attached hydrogen (secondary N) is 2. The third-order valence-corrected chi connectivity index (χ3v) is 3.61. The summed E-state index contributed by atoms with van der Waals surface area (Å²) in [4.78, 5) is 18.4. The quantitative estimate of drug-likeness (QED) is 0.766. The molecule has 0 aliphatic carbocycles. The summed E-state index contributed by atoms with van der Waals surface area (Å²) in [5.41, 5.74) is 0. The molecule has 0 spiro atoms. The van der Waals surface area contributed by atoms with Crippen LogP contribution in [0.5, 0.6) is 0 Å². The summed E-state index contributed by atoms with van der Waals surface area (Å²) in [5.74, 6) is 1.19. The Balaban J connectivity index is 1.70. The van der Waals surface area contributed by atoms with Crippen LogP contribution >= 0.6 is 0 Å². The number of pyridine rings is 1. The Morgan fingerprint density at radius 3 is 2.85 bits per heavy atom. The molecule has 2 N–H and O–H groups in total. The minimum atomic E-state index is 0.155. The number of aromatic nitrogens is 1. The van der Waals surface area contributed by atoms with Crippen molar-refractivity contribution in [3.8, 4) is 0 Å². The number of anilines is 1. The van der Waals surface area contributed by atoms with E-state index in [-0.39, 0.29) is 5.91 Å². The molecule has 2 heterocycles. The summed E-state index contributed by atoms with van der Waals surface area (Å²) in [7, 11) is 0. The number of hydrogen-bond donors (Lipinski definition) is 2. The van der Waals surface area contributed by atoms with Crippen molar-refractivity contribution in [1.82, 2.24) is 15.6 Å². The van der Waals surface area contributed by atoms with Crippen molar-refractivity contribution in [2.24, 2.45) is 0 Å². The largest absolute Gasteiger partial charge is 0.356 e. The van der Waals surface area contributed by atoms with E-state index in [0.717, 1.165) is 44.8 Å². The number of carbonyl (C=O) groups excluding carboxylic acids is 1. The average molecular weight is 276 g/mol. The van der Waals surface area contributed by atoms with Gasteiger partial charge >= 0.3 is 0 Å². The average Bonchev–Trinajstić information content (AvgIpc) is 2.49. The molecule has 1 aromatic heterocycles. The number of nitrogens with zero attached hydrogens (tertiary/aromatic N) is 2. The van der Waals surface area contributed by atoms with Gasteiger partial charge in [-0.05, 0) is 31.5 Å². The van der Waals surface area contributed by atoms with Crippen LogP contribution in [0.15, 0.2) is 24.4 Å². The number of amides is 1. The van der Waals surface area contributed by atoms with Crippen LogP contribution in [0.1, 0.15) is 26.2 Å². The fourth-order valence-electron chi connectivity index (χ4n) is 2.47. The lowest BCUT2D eigenvalue weighted by Crippen LogP contribution is -2.45. The summed E-state index contributed by atoms with van der Waals surface area (Å²) >= 11 is 0. The molecule has 0 aromatic carbocycles. The Hall–Kier alpha value is -1.62. The first-order valence-corrected chi connectivity index (χ1v) is 7.45. The van der Waals surface area contributed by atoms with E-state index in [4.69, 9.17) is 0 Å². The molecule has 1 aliphatic rings. The number of piperidine rings is 1. The SMILES string of the molecule is CCNCCC(=O)NC1CCN(c2ccccn2)CC1. The summed E-state index contributed by atoms with van der Waals surface area (Å²) in [6, 6.07) is 6.29. The molecule has 5 nitrogen and oxygen atoms in total. The van der Waals surface area contributed by atoms with E-state index >= 15 is 0 Å². The lowest BCUT2D eigenvalue weighted by atomic mass is 10.0. The molecule has 0 radical (unpaired) electrons. The molecular weight excluding hydrogens is 252 g/mol. The first kappa shape index (κ1) is 14.8. The highest BCUT2D eigenvalue weighted by Gasteiger charge is 2.21. The van der Waals surface area contributed by atoms with Crippen LogP contribution in [0, 0.1) is 0 Å². The van der Waals surface area contributed by atoms with Gasteiger partial charge in [-0.25, -0.2) is 4.98 Å². The maximum absolute atomic E-state index is 11.8. The predicted molar refractivity (Wildman–Crippen MR) is 80.8 cm³/mol. The van der Waals surface area contributed by atoms with E-state index in [0.29, 0.717) is 12.5 Å². The third-order valence-electron chi connectivity index (χ3n) is 3.61. The van der Waals surface area contributed by atoms with E-state index in [1.807, 2.05) is 31.3 Å². The molecule has 0 atom stereocenters. The Bertz CT molecular complexity index is 402. The smallest absolute Gasteiger partial charge is 0.221 e. The van der Waals surface area contributed by atoms with E-state index in [9.17, 15) is 4.79 Å². The van der Waals surface area contributed by atoms with Gasteiger partial charge in [-0.2, -0.15) is 0 Å². The van der Waals surface area contributed by atoms with Crippen molar-refractivity contribution in [1.29, 1.82) is 0 Å². The molecule has 0 saturated carbocycles. The molecule has 2 rings (SSSR count). The highest BCUT2D eigenvalue weighted by atomic mass is 16.1. The summed E-state index contributed by atoms with van der Waals surface area (Å²) in [5, 5.41) is 6.29. The summed E-state index contributed by atoms with van der Waals surface area (Å²) in [6.45, 7) is 5.63. The van der Waals surface area contributed by atoms with Crippen LogP contribution in [-0.4, -0.2) is 43.1 Å². The van der Waals surface area contributed by atoms with Gasteiger partial charge in [0.25, 0.3) is 0 Å². The van der Waals surface area contributed by atoms with Gasteiger partial charge in [0.2, 0.25) is 5.91 Å². The zero-order valence-electron chi connectivity index (χ0n) is 12.1. The van der Waals surface area contributed by atoms with Gasteiger partial charge in [-0.3, -0.25) is 4.79 Å². The van der Waals surface area contributed by atoms with E-state index in [2.05, 4.69) is 20.5 Å². The van der Waals surface area contributed by atoms with E-state index in [1.54, 1.807) is 0 Å². The monoisotopic (exact) mass is 276 g/mol. The normalized spacial score (nSPS) is 16.1. The molecule has 1 saturated heterocycles. The van der Waals surface area contributed by atoms with Crippen LogP contribution in [0.25, 0.3) is 0 Å². The molecular formula is C15H24N4O. The maximum atomic E-state index is 11.8. The molecule has 1 aromatic rings. The van der Waals surface area contributed by atoms with Crippen LogP contribution in [-0.2, 0) is 4.79 Å². The Kier molecular flexibility index (Phi) is 5.80. The van der Waals surface area contributed by atoms with Crippen LogP contribution < -0.4 is 15.5 Å². The van der Waals surface area contributed by atoms with Crippen molar-refractivity contribution in [3.05, 3.63) is 24.4 Å². The Morgan fingerprint density at radius 2 is 2.20 bits per heavy atom. The zero-order valence-corrected chi connectivity index (χ0v) is 12.1. The van der Waals surface area contributed by atoms with Crippen LogP contribution in [0.3, 0.4) is 0 Å². The lowest BCUT2D eigenvalue weighted by molar-refractivity contribution is -0.121. The maximum Gasteiger partial charge on any atom is 0.221 e. The summed E-state index contributed by atoms with van der Waals surface area (Å²) in [6.07, 6.45) is 4.37. The molecule has 1 amide bonds. The van der Waals surface area contributed by atoms with Gasteiger partial charge in [0, 0.05) is 38.3 Å². The second-order valence-corrected chi connectivity index (χ2v) is 5.12. The minimum absolute atomic E-state index is 0.155. The molecule has 110 valence electrons. The van der Waals surface area contributed by atoms with Gasteiger partial charge in [-0.1, -0.05) is 13.0 Å². The van der Waals surface area contributed by atoms with Crippen molar-refractivity contribution in [3.63, 3.8) is 0 Å². The fraction of sp³-hybridized carbons (Fsp3) is 0.600. The van der Waals surface area contributed by atoms with Gasteiger partial charge < -0.3 is 15.5 Å². The topological polar surface area (TPSA) is 57.3 Å². The first-order valence-electron chi connectivity index (χ1n) is 7.45. The highest BCUT2D eigenvalue weighted by molar-refractivity contribution is 5.76. The molecule has 0 bridgehead atoms. The number of carbonyl (C=O) groups is 1. The van der Waals surface area contributed by atoms with Gasteiger partial charge in [0.05, 0.1) is 0 Å². The van der Waals surface area contributed by atoms with E-state index in [1.165, 1.54) is 0 Å². The zero-order chi connectivity index (χ0) is 14.2. The van der Waals surface area contributed by atoms with Crippen molar-refractivity contribution < 1.29 is 4.79 Å². The second-order valence-electron chi connectivity index (χ2n) is 5.12. The van der Waals surface area contributed by atoms with Crippen LogP contribution in [0.4, 0.5) is 5.82 Å².